The van der Waals surface area contributed by atoms with Gasteiger partial charge in [-0.2, -0.15) is 5.10 Å². The molecule has 3 aromatic rings. The van der Waals surface area contributed by atoms with Crippen LogP contribution in [0.5, 0.6) is 0 Å². The normalized spacial score (nSPS) is 10.8. The first kappa shape index (κ1) is 23.7. The number of anilines is 1. The van der Waals surface area contributed by atoms with Gasteiger partial charge in [0, 0.05) is 29.9 Å². The Hall–Kier alpha value is -3.91. The van der Waals surface area contributed by atoms with Crippen molar-refractivity contribution < 1.29 is 19.1 Å². The van der Waals surface area contributed by atoms with Gasteiger partial charge in [-0.3, -0.25) is 9.59 Å². The maximum Gasteiger partial charge on any atom is 0.331 e. The van der Waals surface area contributed by atoms with E-state index >= 15 is 0 Å². The van der Waals surface area contributed by atoms with Crippen molar-refractivity contribution in [2.24, 2.45) is 0 Å². The number of nitrogens with one attached hydrogen (secondary N) is 2. The zero-order chi connectivity index (χ0) is 23.8. The average molecular weight is 467 g/mol. The van der Waals surface area contributed by atoms with Crippen LogP contribution in [0, 0.1) is 6.92 Å². The number of esters is 1. The van der Waals surface area contributed by atoms with Crippen molar-refractivity contribution >= 4 is 41.1 Å². The van der Waals surface area contributed by atoms with E-state index < -0.39 is 18.5 Å². The second-order valence-electron chi connectivity index (χ2n) is 7.08. The third kappa shape index (κ3) is 6.54. The van der Waals surface area contributed by atoms with E-state index in [1.54, 1.807) is 29.8 Å². The summed E-state index contributed by atoms with van der Waals surface area (Å²) in [7, 11) is 1.52. The van der Waals surface area contributed by atoms with Gasteiger partial charge in [0.2, 0.25) is 0 Å². The summed E-state index contributed by atoms with van der Waals surface area (Å²) in [5, 5.41) is 9.90. The molecule has 0 atom stereocenters. The Kier molecular flexibility index (Phi) is 7.99. The lowest BCUT2D eigenvalue weighted by Gasteiger charge is -2.07. The number of nitrogens with zero attached hydrogens (tertiary/aromatic N) is 2. The Morgan fingerprint density at radius 2 is 1.88 bits per heavy atom. The molecule has 0 saturated carbocycles. The van der Waals surface area contributed by atoms with Crippen LogP contribution in [0.1, 0.15) is 27.2 Å². The first-order chi connectivity index (χ1) is 15.9. The molecule has 2 aromatic carbocycles. The average Bonchev–Trinajstić information content (AvgIpc) is 3.08. The van der Waals surface area contributed by atoms with Crippen LogP contribution < -0.4 is 10.6 Å². The molecule has 0 radical (unpaired) electrons. The Balaban J connectivity index is 1.55. The summed E-state index contributed by atoms with van der Waals surface area (Å²) in [5.74, 6) is -1.50. The summed E-state index contributed by atoms with van der Waals surface area (Å²) in [6.07, 6.45) is 2.71. The third-order valence-corrected chi connectivity index (χ3v) is 5.05. The Bertz CT molecular complexity index is 1190. The highest BCUT2D eigenvalue weighted by Gasteiger charge is 2.13. The standard InChI is InChI=1S/C24H23ClN4O4/c1-16-20(23(25)29(28-16)14-17-7-4-3-5-8-17)11-12-22(31)33-15-21(30)27-19-10-6-9-18(13-19)24(32)26-2/h3-13H,14-15H2,1-2H3,(H,26,32)(H,27,30)/b12-11+. The molecular weight excluding hydrogens is 444 g/mol. The van der Waals surface area contributed by atoms with E-state index in [0.29, 0.717) is 34.2 Å². The third-order valence-electron chi connectivity index (χ3n) is 4.65. The number of aryl methyl sites for hydroxylation is 1. The summed E-state index contributed by atoms with van der Waals surface area (Å²) < 4.78 is 6.64. The van der Waals surface area contributed by atoms with Crippen LogP contribution in [0.3, 0.4) is 0 Å². The molecule has 0 aliphatic rings. The molecule has 1 aromatic heterocycles. The van der Waals surface area contributed by atoms with Crippen molar-refractivity contribution in [1.29, 1.82) is 0 Å². The van der Waals surface area contributed by atoms with Crippen molar-refractivity contribution in [3.05, 3.63) is 88.2 Å². The number of hydrogen-bond acceptors (Lipinski definition) is 5. The number of ether oxygens (including phenoxy) is 1. The molecule has 2 N–H and O–H groups in total. The van der Waals surface area contributed by atoms with Crippen molar-refractivity contribution in [1.82, 2.24) is 15.1 Å². The van der Waals surface area contributed by atoms with E-state index in [-0.39, 0.29) is 5.91 Å². The molecule has 0 aliphatic carbocycles. The van der Waals surface area contributed by atoms with Crippen LogP contribution in [-0.4, -0.2) is 41.2 Å². The monoisotopic (exact) mass is 466 g/mol. The highest BCUT2D eigenvalue weighted by atomic mass is 35.5. The lowest BCUT2D eigenvalue weighted by Crippen LogP contribution is -2.21. The molecule has 170 valence electrons. The van der Waals surface area contributed by atoms with Crippen molar-refractivity contribution in [2.45, 2.75) is 13.5 Å². The van der Waals surface area contributed by atoms with E-state index in [0.717, 1.165) is 5.56 Å². The predicted molar refractivity (Wildman–Crippen MR) is 126 cm³/mol. The molecule has 8 nitrogen and oxygen atoms in total. The number of amides is 2. The van der Waals surface area contributed by atoms with E-state index in [1.807, 2.05) is 30.3 Å². The molecule has 0 spiro atoms. The van der Waals surface area contributed by atoms with Gasteiger partial charge in [-0.1, -0.05) is 48.0 Å². The van der Waals surface area contributed by atoms with E-state index in [9.17, 15) is 14.4 Å². The smallest absolute Gasteiger partial charge is 0.331 e. The molecular formula is C24H23ClN4O4. The maximum absolute atomic E-state index is 12.1. The molecule has 9 heteroatoms. The Labute approximate surface area is 196 Å². The number of aromatic nitrogens is 2. The molecule has 0 unspecified atom stereocenters. The fourth-order valence-corrected chi connectivity index (χ4v) is 3.33. The van der Waals surface area contributed by atoms with Gasteiger partial charge in [-0.15, -0.1) is 0 Å². The fraction of sp³-hybridized carbons (Fsp3) is 0.167. The number of rotatable bonds is 8. The summed E-state index contributed by atoms with van der Waals surface area (Å²) in [5.41, 5.74) is 3.12. The topological polar surface area (TPSA) is 102 Å². The van der Waals surface area contributed by atoms with Gasteiger partial charge in [0.1, 0.15) is 5.15 Å². The quantitative estimate of drug-likeness (QED) is 0.391. The van der Waals surface area contributed by atoms with Gasteiger partial charge >= 0.3 is 5.97 Å². The molecule has 2 amide bonds. The molecule has 3 rings (SSSR count). The summed E-state index contributed by atoms with van der Waals surface area (Å²) in [6, 6.07) is 16.2. The zero-order valence-electron chi connectivity index (χ0n) is 18.2. The number of hydrogen-bond donors (Lipinski definition) is 2. The lowest BCUT2D eigenvalue weighted by molar-refractivity contribution is -0.142. The van der Waals surface area contributed by atoms with Gasteiger partial charge in [-0.05, 0) is 36.8 Å². The number of halogens is 1. The maximum atomic E-state index is 12.1. The first-order valence-electron chi connectivity index (χ1n) is 10.1. The van der Waals surface area contributed by atoms with Crippen LogP contribution in [0.15, 0.2) is 60.7 Å². The number of carbonyl (C=O) groups excluding carboxylic acids is 3. The molecule has 0 bridgehead atoms. The second-order valence-corrected chi connectivity index (χ2v) is 7.44. The summed E-state index contributed by atoms with van der Waals surface area (Å²) >= 11 is 6.43. The molecule has 0 saturated heterocycles. The summed E-state index contributed by atoms with van der Waals surface area (Å²) in [6.45, 7) is 1.81. The van der Waals surface area contributed by atoms with E-state index in [1.165, 1.54) is 25.3 Å². The van der Waals surface area contributed by atoms with Crippen molar-refractivity contribution in [2.75, 3.05) is 19.0 Å². The van der Waals surface area contributed by atoms with Gasteiger partial charge < -0.3 is 15.4 Å². The number of benzene rings is 2. The van der Waals surface area contributed by atoms with E-state index in [2.05, 4.69) is 15.7 Å². The molecule has 1 heterocycles. The zero-order valence-corrected chi connectivity index (χ0v) is 18.9. The summed E-state index contributed by atoms with van der Waals surface area (Å²) in [4.78, 5) is 35.8. The highest BCUT2D eigenvalue weighted by molar-refractivity contribution is 6.31. The number of carbonyl (C=O) groups is 3. The minimum atomic E-state index is -0.699. The van der Waals surface area contributed by atoms with Gasteiger partial charge in [0.05, 0.1) is 12.2 Å². The van der Waals surface area contributed by atoms with Gasteiger partial charge in [0.25, 0.3) is 11.8 Å². The predicted octanol–water partition coefficient (Wildman–Crippen LogP) is 3.45. The van der Waals surface area contributed by atoms with Crippen LogP contribution in [0.2, 0.25) is 5.15 Å². The van der Waals surface area contributed by atoms with Gasteiger partial charge in [0.15, 0.2) is 6.61 Å². The minimum Gasteiger partial charge on any atom is -0.452 e. The highest BCUT2D eigenvalue weighted by Crippen LogP contribution is 2.22. The van der Waals surface area contributed by atoms with Crippen LogP contribution in [0.4, 0.5) is 5.69 Å². The minimum absolute atomic E-state index is 0.274. The Morgan fingerprint density at radius 1 is 1.12 bits per heavy atom. The largest absolute Gasteiger partial charge is 0.452 e. The van der Waals surface area contributed by atoms with Crippen LogP contribution in [-0.2, 0) is 20.9 Å². The lowest BCUT2D eigenvalue weighted by atomic mass is 10.2. The van der Waals surface area contributed by atoms with Gasteiger partial charge in [-0.25, -0.2) is 9.48 Å². The van der Waals surface area contributed by atoms with Crippen LogP contribution >= 0.6 is 11.6 Å². The van der Waals surface area contributed by atoms with E-state index in [4.69, 9.17) is 16.3 Å². The van der Waals surface area contributed by atoms with Crippen molar-refractivity contribution in [3.8, 4) is 0 Å². The molecule has 0 fully saturated rings. The Morgan fingerprint density at radius 3 is 2.61 bits per heavy atom. The first-order valence-corrected chi connectivity index (χ1v) is 10.5. The molecule has 33 heavy (non-hydrogen) atoms. The second kappa shape index (κ2) is 11.1. The van der Waals surface area contributed by atoms with Crippen molar-refractivity contribution in [3.63, 3.8) is 0 Å². The fourth-order valence-electron chi connectivity index (χ4n) is 3.03. The molecule has 0 aliphatic heterocycles. The van der Waals surface area contributed by atoms with Crippen LogP contribution in [0.25, 0.3) is 6.08 Å². The SMILES string of the molecule is CNC(=O)c1cccc(NC(=O)COC(=O)/C=C/c2c(C)nn(Cc3ccccc3)c2Cl)c1.